The average Bonchev–Trinajstić information content (AvgIpc) is 2.81. The molecule has 86 valence electrons. The second-order valence-electron chi connectivity index (χ2n) is 3.78. The molecule has 1 aliphatic heterocycles. The number of methoxy groups -OCH3 is 1. The zero-order chi connectivity index (χ0) is 11.4. The molecule has 1 fully saturated rings. The molecular weight excluding hydrogens is 206 g/mol. The number of nitrogens with one attached hydrogen (secondary N) is 1. The number of rotatable bonds is 3. The molecule has 0 spiro atoms. The van der Waals surface area contributed by atoms with Gasteiger partial charge in [0.15, 0.2) is 0 Å². The van der Waals surface area contributed by atoms with Crippen molar-refractivity contribution in [3.8, 4) is 0 Å². The van der Waals surface area contributed by atoms with E-state index < -0.39 is 0 Å². The van der Waals surface area contributed by atoms with E-state index in [0.29, 0.717) is 11.6 Å². The highest BCUT2D eigenvalue weighted by molar-refractivity contribution is 5.90. The van der Waals surface area contributed by atoms with Crippen molar-refractivity contribution < 1.29 is 14.3 Å². The van der Waals surface area contributed by atoms with Crippen LogP contribution in [0.5, 0.6) is 0 Å². The first-order valence-corrected chi connectivity index (χ1v) is 5.32. The van der Waals surface area contributed by atoms with Crippen LogP contribution in [0.3, 0.4) is 0 Å². The third-order valence-electron chi connectivity index (χ3n) is 2.58. The first-order valence-electron chi connectivity index (χ1n) is 5.32. The normalized spacial score (nSPS) is 19.4. The summed E-state index contributed by atoms with van der Waals surface area (Å²) < 4.78 is 9.94. The van der Waals surface area contributed by atoms with Crippen LogP contribution in [0.1, 0.15) is 16.8 Å². The molecule has 0 amide bonds. The molecule has 2 rings (SSSR count). The molecule has 1 N–H and O–H groups in total. The Labute approximate surface area is 94.6 Å². The largest absolute Gasteiger partial charge is 0.465 e. The highest BCUT2D eigenvalue weighted by Gasteiger charge is 2.15. The van der Waals surface area contributed by atoms with Gasteiger partial charge >= 0.3 is 5.97 Å². The van der Waals surface area contributed by atoms with Gasteiger partial charge in [0.2, 0.25) is 0 Å². The fraction of sp³-hybridized carbons (Fsp3) is 0.417. The summed E-state index contributed by atoms with van der Waals surface area (Å²) in [5.41, 5.74) is 1.49. The minimum absolute atomic E-state index is 0.314. The molecule has 0 aromatic heterocycles. The van der Waals surface area contributed by atoms with Gasteiger partial charge in [0.25, 0.3) is 0 Å². The number of hydrogen-bond donors (Lipinski definition) is 1. The molecule has 0 bridgehead atoms. The molecule has 1 aromatic carbocycles. The number of anilines is 1. The van der Waals surface area contributed by atoms with Crippen molar-refractivity contribution in [2.45, 2.75) is 12.5 Å². The average molecular weight is 221 g/mol. The van der Waals surface area contributed by atoms with Crippen LogP contribution in [-0.4, -0.2) is 32.3 Å². The molecule has 1 aliphatic rings. The second kappa shape index (κ2) is 4.99. The summed E-state index contributed by atoms with van der Waals surface area (Å²) in [6, 6.07) is 7.65. The van der Waals surface area contributed by atoms with Crippen LogP contribution >= 0.6 is 0 Å². The molecule has 1 unspecified atom stereocenters. The lowest BCUT2D eigenvalue weighted by atomic mass is 10.2. The Kier molecular flexibility index (Phi) is 3.41. The van der Waals surface area contributed by atoms with E-state index in [9.17, 15) is 4.79 Å². The molecule has 0 aliphatic carbocycles. The number of hydrogen-bond acceptors (Lipinski definition) is 4. The van der Waals surface area contributed by atoms with E-state index in [1.54, 1.807) is 12.1 Å². The van der Waals surface area contributed by atoms with Gasteiger partial charge in [0, 0.05) is 12.3 Å². The minimum Gasteiger partial charge on any atom is -0.465 e. The van der Waals surface area contributed by atoms with Crippen LogP contribution in [0.25, 0.3) is 0 Å². The summed E-state index contributed by atoms with van der Waals surface area (Å²) in [4.78, 5) is 11.3. The van der Waals surface area contributed by atoms with E-state index >= 15 is 0 Å². The number of carbonyl (C=O) groups excluding carboxylic acids is 1. The van der Waals surface area contributed by atoms with Crippen molar-refractivity contribution in [2.75, 3.05) is 25.6 Å². The van der Waals surface area contributed by atoms with E-state index in [4.69, 9.17) is 4.74 Å². The van der Waals surface area contributed by atoms with Crippen LogP contribution in [0.2, 0.25) is 0 Å². The van der Waals surface area contributed by atoms with Gasteiger partial charge in [-0.05, 0) is 24.6 Å². The molecule has 4 nitrogen and oxygen atoms in total. The van der Waals surface area contributed by atoms with Crippen molar-refractivity contribution in [1.29, 1.82) is 0 Å². The van der Waals surface area contributed by atoms with Gasteiger partial charge in [-0.2, -0.15) is 0 Å². The number of ether oxygens (including phenoxy) is 2. The van der Waals surface area contributed by atoms with E-state index in [2.05, 4.69) is 10.1 Å². The lowest BCUT2D eigenvalue weighted by molar-refractivity contribution is 0.0601. The predicted molar refractivity (Wildman–Crippen MR) is 60.6 cm³/mol. The first kappa shape index (κ1) is 11.0. The molecule has 1 heterocycles. The monoisotopic (exact) mass is 221 g/mol. The minimum atomic E-state index is -0.314. The van der Waals surface area contributed by atoms with Gasteiger partial charge in [-0.15, -0.1) is 0 Å². The lowest BCUT2D eigenvalue weighted by Gasteiger charge is -2.12. The van der Waals surface area contributed by atoms with Crippen LogP contribution in [0, 0.1) is 0 Å². The Morgan fingerprint density at radius 2 is 2.44 bits per heavy atom. The zero-order valence-electron chi connectivity index (χ0n) is 9.23. The molecule has 1 saturated heterocycles. The Hall–Kier alpha value is -1.55. The Morgan fingerprint density at radius 3 is 3.12 bits per heavy atom. The van der Waals surface area contributed by atoms with Gasteiger partial charge in [0.05, 0.1) is 25.3 Å². The summed E-state index contributed by atoms with van der Waals surface area (Å²) in [5, 5.41) is 3.33. The molecular formula is C12H15NO3. The lowest BCUT2D eigenvalue weighted by Crippen LogP contribution is -2.19. The van der Waals surface area contributed by atoms with Gasteiger partial charge < -0.3 is 14.8 Å². The molecule has 1 aromatic rings. The van der Waals surface area contributed by atoms with Crippen molar-refractivity contribution in [3.05, 3.63) is 29.8 Å². The maximum Gasteiger partial charge on any atom is 0.337 e. The van der Waals surface area contributed by atoms with E-state index in [-0.39, 0.29) is 5.97 Å². The van der Waals surface area contributed by atoms with Crippen LogP contribution in [0.15, 0.2) is 24.3 Å². The maximum absolute atomic E-state index is 11.3. The summed E-state index contributed by atoms with van der Waals surface area (Å²) >= 11 is 0. The van der Waals surface area contributed by atoms with Crippen LogP contribution in [-0.2, 0) is 9.47 Å². The van der Waals surface area contributed by atoms with Crippen LogP contribution in [0.4, 0.5) is 5.69 Å². The van der Waals surface area contributed by atoms with Crippen molar-refractivity contribution in [1.82, 2.24) is 0 Å². The van der Waals surface area contributed by atoms with E-state index in [1.807, 2.05) is 12.1 Å². The molecule has 4 heteroatoms. The quantitative estimate of drug-likeness (QED) is 0.789. The van der Waals surface area contributed by atoms with Crippen molar-refractivity contribution in [2.24, 2.45) is 0 Å². The van der Waals surface area contributed by atoms with Gasteiger partial charge in [0.1, 0.15) is 0 Å². The molecule has 0 radical (unpaired) electrons. The second-order valence-corrected chi connectivity index (χ2v) is 3.78. The first-order chi connectivity index (χ1) is 7.79. The van der Waals surface area contributed by atoms with Crippen molar-refractivity contribution >= 4 is 11.7 Å². The van der Waals surface area contributed by atoms with Crippen molar-refractivity contribution in [3.63, 3.8) is 0 Å². The van der Waals surface area contributed by atoms with Gasteiger partial charge in [-0.3, -0.25) is 0 Å². The summed E-state index contributed by atoms with van der Waals surface area (Å²) in [6.07, 6.45) is 1.00. The highest BCUT2D eigenvalue weighted by Crippen LogP contribution is 2.15. The Balaban J connectivity index is 2.06. The van der Waals surface area contributed by atoms with E-state index in [1.165, 1.54) is 7.11 Å². The maximum atomic E-state index is 11.3. The fourth-order valence-electron chi connectivity index (χ4n) is 1.74. The van der Waals surface area contributed by atoms with E-state index in [0.717, 1.165) is 25.3 Å². The predicted octanol–water partition coefficient (Wildman–Crippen LogP) is 1.67. The molecule has 0 saturated carbocycles. The third-order valence-corrected chi connectivity index (χ3v) is 2.58. The standard InChI is InChI=1S/C12H15NO3/c1-15-12(14)9-3-2-4-10(7-9)13-11-5-6-16-8-11/h2-4,7,11,13H,5-6,8H2,1H3. The molecule has 16 heavy (non-hydrogen) atoms. The fourth-order valence-corrected chi connectivity index (χ4v) is 1.74. The summed E-state index contributed by atoms with van der Waals surface area (Å²) in [5.74, 6) is -0.314. The smallest absolute Gasteiger partial charge is 0.337 e. The topological polar surface area (TPSA) is 47.6 Å². The molecule has 1 atom stereocenters. The Bertz CT molecular complexity index is 372. The number of carbonyl (C=O) groups is 1. The highest BCUT2D eigenvalue weighted by atomic mass is 16.5. The number of benzene rings is 1. The third kappa shape index (κ3) is 2.52. The van der Waals surface area contributed by atoms with Gasteiger partial charge in [-0.25, -0.2) is 4.79 Å². The SMILES string of the molecule is COC(=O)c1cccc(NC2CCOC2)c1. The summed E-state index contributed by atoms with van der Waals surface area (Å²) in [7, 11) is 1.38. The summed E-state index contributed by atoms with van der Waals surface area (Å²) in [6.45, 7) is 1.52. The Morgan fingerprint density at radius 1 is 1.56 bits per heavy atom. The van der Waals surface area contributed by atoms with Crippen LogP contribution < -0.4 is 5.32 Å². The van der Waals surface area contributed by atoms with Gasteiger partial charge in [-0.1, -0.05) is 6.07 Å². The number of esters is 1. The zero-order valence-corrected chi connectivity index (χ0v) is 9.23.